The molecule has 0 atom stereocenters. The number of fused-ring (bicyclic) bond motifs is 1. The number of hydrogen-bond acceptors (Lipinski definition) is 5. The van der Waals surface area contributed by atoms with E-state index in [4.69, 9.17) is 21.1 Å². The van der Waals surface area contributed by atoms with Crippen LogP contribution in [0.4, 0.5) is 13.2 Å². The number of alkyl halides is 2. The van der Waals surface area contributed by atoms with Crippen LogP contribution >= 0.6 is 11.6 Å². The molecule has 0 aliphatic carbocycles. The Morgan fingerprint density at radius 2 is 1.87 bits per heavy atom. The average Bonchev–Trinajstić information content (AvgIpc) is 2.75. The van der Waals surface area contributed by atoms with Gasteiger partial charge in [-0.25, -0.2) is 9.18 Å². The molecule has 1 heterocycles. The molecule has 0 unspecified atom stereocenters. The molecule has 0 fully saturated rings. The second kappa shape index (κ2) is 9.87. The quantitative estimate of drug-likeness (QED) is 0.431. The topological polar surface area (TPSA) is 57.7 Å². The van der Waals surface area contributed by atoms with Crippen molar-refractivity contribution in [3.8, 4) is 11.5 Å². The molecule has 0 amide bonds. The number of carbonyl (C=O) groups is 1. The van der Waals surface area contributed by atoms with Gasteiger partial charge in [-0.3, -0.25) is 4.98 Å². The molecule has 31 heavy (non-hydrogen) atoms. The van der Waals surface area contributed by atoms with Gasteiger partial charge in [0.15, 0.2) is 6.61 Å². The number of rotatable bonds is 8. The lowest BCUT2D eigenvalue weighted by atomic mass is 9.98. The SMILES string of the molecule is CCc1nc2c(Cl)ccc(OCC(=O)OC)c2c(OC(F)F)c1Cc1ccc(F)cc1. The highest BCUT2D eigenvalue weighted by Gasteiger charge is 2.24. The zero-order valence-electron chi connectivity index (χ0n) is 16.8. The number of ether oxygens (including phenoxy) is 3. The van der Waals surface area contributed by atoms with Crippen LogP contribution in [0.1, 0.15) is 23.7 Å². The van der Waals surface area contributed by atoms with E-state index in [2.05, 4.69) is 9.72 Å². The van der Waals surface area contributed by atoms with Gasteiger partial charge in [-0.1, -0.05) is 30.7 Å². The first-order valence-electron chi connectivity index (χ1n) is 9.36. The summed E-state index contributed by atoms with van der Waals surface area (Å²) in [7, 11) is 1.20. The van der Waals surface area contributed by atoms with Crippen molar-refractivity contribution in [1.29, 1.82) is 0 Å². The fourth-order valence-corrected chi connectivity index (χ4v) is 3.38. The fraction of sp³-hybridized carbons (Fsp3) is 0.273. The highest BCUT2D eigenvalue weighted by molar-refractivity contribution is 6.35. The highest BCUT2D eigenvalue weighted by Crippen LogP contribution is 2.42. The van der Waals surface area contributed by atoms with Crippen LogP contribution in [-0.2, 0) is 22.4 Å². The number of carbonyl (C=O) groups excluding carboxylic acids is 1. The average molecular weight is 454 g/mol. The number of aryl methyl sites for hydroxylation is 1. The van der Waals surface area contributed by atoms with Gasteiger partial charge >= 0.3 is 12.6 Å². The van der Waals surface area contributed by atoms with Crippen LogP contribution in [0.5, 0.6) is 11.5 Å². The van der Waals surface area contributed by atoms with Gasteiger partial charge in [-0.05, 0) is 36.2 Å². The third-order valence-corrected chi connectivity index (χ3v) is 4.90. The number of methoxy groups -OCH3 is 1. The molecule has 0 aliphatic rings. The van der Waals surface area contributed by atoms with Gasteiger partial charge < -0.3 is 14.2 Å². The molecule has 3 rings (SSSR count). The highest BCUT2D eigenvalue weighted by atomic mass is 35.5. The maximum absolute atomic E-state index is 13.4. The second-order valence-corrected chi connectivity index (χ2v) is 6.94. The fourth-order valence-electron chi connectivity index (χ4n) is 3.18. The van der Waals surface area contributed by atoms with Gasteiger partial charge in [-0.2, -0.15) is 8.78 Å². The summed E-state index contributed by atoms with van der Waals surface area (Å²) in [6.07, 6.45) is 0.576. The molecule has 3 aromatic rings. The van der Waals surface area contributed by atoms with Gasteiger partial charge in [0.2, 0.25) is 0 Å². The normalized spacial score (nSPS) is 11.1. The minimum Gasteiger partial charge on any atom is -0.481 e. The van der Waals surface area contributed by atoms with E-state index in [1.54, 1.807) is 12.1 Å². The molecule has 0 radical (unpaired) electrons. The molecule has 0 bridgehead atoms. The van der Waals surface area contributed by atoms with Gasteiger partial charge in [0, 0.05) is 17.7 Å². The van der Waals surface area contributed by atoms with E-state index in [1.807, 2.05) is 6.92 Å². The lowest BCUT2D eigenvalue weighted by Gasteiger charge is -2.19. The predicted molar refractivity (Wildman–Crippen MR) is 109 cm³/mol. The lowest BCUT2D eigenvalue weighted by Crippen LogP contribution is -2.14. The Hall–Kier alpha value is -3.00. The summed E-state index contributed by atoms with van der Waals surface area (Å²) in [4.78, 5) is 16.1. The summed E-state index contributed by atoms with van der Waals surface area (Å²) in [5, 5.41) is 0.327. The van der Waals surface area contributed by atoms with Crippen molar-refractivity contribution < 1.29 is 32.2 Å². The van der Waals surface area contributed by atoms with E-state index in [9.17, 15) is 18.0 Å². The molecular weight excluding hydrogens is 435 g/mol. The zero-order chi connectivity index (χ0) is 22.5. The molecular formula is C22H19ClF3NO4. The molecule has 2 aromatic carbocycles. The van der Waals surface area contributed by atoms with Crippen molar-refractivity contribution >= 4 is 28.5 Å². The van der Waals surface area contributed by atoms with Gasteiger partial charge in [0.05, 0.1) is 23.0 Å². The van der Waals surface area contributed by atoms with Gasteiger partial charge in [0.25, 0.3) is 0 Å². The summed E-state index contributed by atoms with van der Waals surface area (Å²) in [6.45, 7) is -1.75. The first kappa shape index (κ1) is 22.7. The summed E-state index contributed by atoms with van der Waals surface area (Å²) in [6, 6.07) is 8.61. The Bertz CT molecular complexity index is 1090. The molecule has 0 aliphatic heterocycles. The molecule has 9 heteroatoms. The van der Waals surface area contributed by atoms with Crippen molar-refractivity contribution in [2.45, 2.75) is 26.4 Å². The third kappa shape index (κ3) is 5.19. The molecule has 0 N–H and O–H groups in total. The monoisotopic (exact) mass is 453 g/mol. The standard InChI is InChI=1S/C22H19ClF3NO4/c1-3-16-14(10-12-4-6-13(24)7-5-12)21(31-22(25)26)19-17(30-11-18(28)29-2)9-8-15(23)20(19)27-16/h4-9,22H,3,10-11H2,1-2H3. The Morgan fingerprint density at radius 3 is 2.48 bits per heavy atom. The zero-order valence-corrected chi connectivity index (χ0v) is 17.5. The van der Waals surface area contributed by atoms with E-state index in [-0.39, 0.29) is 33.8 Å². The molecule has 0 saturated carbocycles. The Balaban J connectivity index is 2.24. The van der Waals surface area contributed by atoms with E-state index in [1.165, 1.54) is 31.4 Å². The first-order valence-corrected chi connectivity index (χ1v) is 9.74. The van der Waals surface area contributed by atoms with Crippen molar-refractivity contribution in [1.82, 2.24) is 4.98 Å². The number of nitrogens with zero attached hydrogens (tertiary/aromatic N) is 1. The van der Waals surface area contributed by atoms with Crippen molar-refractivity contribution in [2.75, 3.05) is 13.7 Å². The molecule has 164 valence electrons. The smallest absolute Gasteiger partial charge is 0.387 e. The second-order valence-electron chi connectivity index (χ2n) is 6.54. The van der Waals surface area contributed by atoms with E-state index >= 15 is 0 Å². The van der Waals surface area contributed by atoms with Crippen LogP contribution in [-0.4, -0.2) is 31.3 Å². The van der Waals surface area contributed by atoms with E-state index < -0.39 is 25.0 Å². The molecule has 5 nitrogen and oxygen atoms in total. The number of halogens is 4. The minimum absolute atomic E-state index is 0.0935. The van der Waals surface area contributed by atoms with Crippen molar-refractivity contribution in [3.63, 3.8) is 0 Å². The number of esters is 1. The maximum Gasteiger partial charge on any atom is 0.387 e. The Morgan fingerprint density at radius 1 is 1.16 bits per heavy atom. The predicted octanol–water partition coefficient (Wildman–Crippen LogP) is 5.33. The van der Waals surface area contributed by atoms with Crippen LogP contribution in [0.25, 0.3) is 10.9 Å². The molecule has 0 saturated heterocycles. The van der Waals surface area contributed by atoms with Crippen molar-refractivity contribution in [3.05, 3.63) is 64.1 Å². The number of pyridine rings is 1. The number of benzene rings is 2. The molecule has 0 spiro atoms. The van der Waals surface area contributed by atoms with Crippen LogP contribution in [0, 0.1) is 5.82 Å². The van der Waals surface area contributed by atoms with Gasteiger partial charge in [-0.15, -0.1) is 0 Å². The maximum atomic E-state index is 13.4. The summed E-state index contributed by atoms with van der Waals surface area (Å²) < 4.78 is 55.1. The van der Waals surface area contributed by atoms with Gasteiger partial charge in [0.1, 0.15) is 17.3 Å². The summed E-state index contributed by atoms with van der Waals surface area (Å²) >= 11 is 6.29. The summed E-state index contributed by atoms with van der Waals surface area (Å²) in [5.41, 5.74) is 1.78. The van der Waals surface area contributed by atoms with Crippen LogP contribution in [0.3, 0.4) is 0 Å². The first-order chi connectivity index (χ1) is 14.8. The van der Waals surface area contributed by atoms with Crippen molar-refractivity contribution in [2.24, 2.45) is 0 Å². The summed E-state index contributed by atoms with van der Waals surface area (Å²) in [5.74, 6) is -1.12. The number of aromatic nitrogens is 1. The lowest BCUT2D eigenvalue weighted by molar-refractivity contribution is -0.142. The Labute approximate surface area is 181 Å². The largest absolute Gasteiger partial charge is 0.481 e. The minimum atomic E-state index is -3.13. The van der Waals surface area contributed by atoms with E-state index in [0.717, 1.165) is 0 Å². The van der Waals surface area contributed by atoms with Crippen LogP contribution < -0.4 is 9.47 Å². The Kier molecular flexibility index (Phi) is 7.22. The third-order valence-electron chi connectivity index (χ3n) is 4.60. The van der Waals surface area contributed by atoms with E-state index in [0.29, 0.717) is 23.2 Å². The molecule has 1 aromatic heterocycles. The van der Waals surface area contributed by atoms with Crippen LogP contribution in [0.15, 0.2) is 36.4 Å². The van der Waals surface area contributed by atoms with Crippen LogP contribution in [0.2, 0.25) is 5.02 Å². The number of hydrogen-bond donors (Lipinski definition) is 0.